The van der Waals surface area contributed by atoms with Crippen molar-refractivity contribution in [2.45, 2.75) is 84.1 Å². The third kappa shape index (κ3) is 4.49. The largest absolute Gasteiger partial charge is 0.414 e. The average Bonchev–Trinajstić information content (AvgIpc) is 2.23. The van der Waals surface area contributed by atoms with Gasteiger partial charge in [0.25, 0.3) is 0 Å². The molecule has 1 aliphatic heterocycles. The second-order valence-electron chi connectivity index (χ2n) is 7.74. The standard InChI is InChI=1S/C16H30O4Si/c1-11-9-13(17)14(19-16(11,6)18)10-12(2)20-21(7,8)15(3,4)5/h9,12,14,18H,10H2,1-8H3/t12-,14-,16?/m0/s1. The van der Waals surface area contributed by atoms with Crippen molar-refractivity contribution < 1.29 is 19.1 Å². The molecule has 21 heavy (non-hydrogen) atoms. The minimum Gasteiger partial charge on any atom is -0.414 e. The summed E-state index contributed by atoms with van der Waals surface area (Å²) in [5, 5.41) is 10.3. The number of hydrogen-bond donors (Lipinski definition) is 1. The SMILES string of the molecule is CC1=CC(=O)[C@H](C[C@H](C)O[Si](C)(C)C(C)(C)C)OC1(C)O. The highest BCUT2D eigenvalue weighted by atomic mass is 28.4. The van der Waals surface area contributed by atoms with Crippen LogP contribution in [0.3, 0.4) is 0 Å². The van der Waals surface area contributed by atoms with Gasteiger partial charge in [0.15, 0.2) is 19.9 Å². The molecule has 1 N–H and O–H groups in total. The van der Waals surface area contributed by atoms with Gasteiger partial charge in [0.05, 0.1) is 0 Å². The first-order chi connectivity index (χ1) is 9.26. The average molecular weight is 314 g/mol. The van der Waals surface area contributed by atoms with Gasteiger partial charge in [-0.1, -0.05) is 20.8 Å². The summed E-state index contributed by atoms with van der Waals surface area (Å²) in [6.07, 6.45) is 1.23. The maximum absolute atomic E-state index is 12.0. The molecule has 0 aromatic carbocycles. The van der Waals surface area contributed by atoms with Crippen molar-refractivity contribution in [1.29, 1.82) is 0 Å². The fourth-order valence-corrected chi connectivity index (χ4v) is 3.52. The number of ketones is 1. The zero-order valence-electron chi connectivity index (χ0n) is 14.6. The minimum atomic E-state index is -1.87. The van der Waals surface area contributed by atoms with Crippen molar-refractivity contribution >= 4 is 14.1 Å². The van der Waals surface area contributed by atoms with Gasteiger partial charge in [0, 0.05) is 12.5 Å². The predicted molar refractivity (Wildman–Crippen MR) is 86.6 cm³/mol. The van der Waals surface area contributed by atoms with E-state index in [1.807, 2.05) is 6.92 Å². The van der Waals surface area contributed by atoms with Crippen LogP contribution in [-0.4, -0.2) is 37.2 Å². The number of ether oxygens (including phenoxy) is 1. The molecule has 122 valence electrons. The van der Waals surface area contributed by atoms with Gasteiger partial charge in [-0.2, -0.15) is 0 Å². The molecule has 0 aromatic heterocycles. The van der Waals surface area contributed by atoms with E-state index in [2.05, 4.69) is 33.9 Å². The third-order valence-corrected chi connectivity index (χ3v) is 9.23. The highest BCUT2D eigenvalue weighted by Gasteiger charge is 2.41. The van der Waals surface area contributed by atoms with Gasteiger partial charge in [-0.25, -0.2) is 0 Å². The lowest BCUT2D eigenvalue weighted by Crippen LogP contribution is -2.47. The van der Waals surface area contributed by atoms with Crippen LogP contribution in [0.1, 0.15) is 48.0 Å². The Labute approximate surface area is 129 Å². The van der Waals surface area contributed by atoms with Crippen LogP contribution >= 0.6 is 0 Å². The normalized spacial score (nSPS) is 29.3. The first-order valence-corrected chi connectivity index (χ1v) is 10.5. The zero-order valence-corrected chi connectivity index (χ0v) is 15.6. The molecular weight excluding hydrogens is 284 g/mol. The number of rotatable bonds is 4. The summed E-state index contributed by atoms with van der Waals surface area (Å²) in [7, 11) is -1.87. The zero-order chi connectivity index (χ0) is 16.6. The lowest BCUT2D eigenvalue weighted by Gasteiger charge is -2.40. The minimum absolute atomic E-state index is 0.0811. The molecule has 3 atom stereocenters. The Morgan fingerprint density at radius 2 is 2.00 bits per heavy atom. The van der Waals surface area contributed by atoms with Gasteiger partial charge in [-0.3, -0.25) is 4.79 Å². The molecule has 1 unspecified atom stereocenters. The van der Waals surface area contributed by atoms with Crippen LogP contribution in [0.25, 0.3) is 0 Å². The summed E-state index contributed by atoms with van der Waals surface area (Å²) in [6, 6.07) is 0. The Bertz CT molecular complexity index is 432. The molecule has 0 aliphatic carbocycles. The summed E-state index contributed by atoms with van der Waals surface area (Å²) in [6.45, 7) is 16.2. The predicted octanol–water partition coefficient (Wildman–Crippen LogP) is 3.41. The first kappa shape index (κ1) is 18.6. The van der Waals surface area contributed by atoms with Crippen molar-refractivity contribution in [1.82, 2.24) is 0 Å². The molecule has 4 nitrogen and oxygen atoms in total. The van der Waals surface area contributed by atoms with E-state index in [9.17, 15) is 9.90 Å². The molecule has 0 saturated carbocycles. The monoisotopic (exact) mass is 314 g/mol. The Kier molecular flexibility index (Phi) is 5.26. The number of carbonyl (C=O) groups is 1. The molecule has 0 aromatic rings. The fourth-order valence-electron chi connectivity index (χ4n) is 2.06. The molecule has 0 amide bonds. The summed E-state index contributed by atoms with van der Waals surface area (Å²) in [5.74, 6) is -1.46. The molecule has 0 saturated heterocycles. The van der Waals surface area contributed by atoms with E-state index in [1.54, 1.807) is 13.8 Å². The molecule has 1 aliphatic rings. The second-order valence-corrected chi connectivity index (χ2v) is 12.5. The quantitative estimate of drug-likeness (QED) is 0.808. The van der Waals surface area contributed by atoms with E-state index >= 15 is 0 Å². The van der Waals surface area contributed by atoms with Gasteiger partial charge in [0.2, 0.25) is 0 Å². The lowest BCUT2D eigenvalue weighted by molar-refractivity contribution is -0.202. The van der Waals surface area contributed by atoms with Gasteiger partial charge >= 0.3 is 0 Å². The topological polar surface area (TPSA) is 55.8 Å². The van der Waals surface area contributed by atoms with E-state index in [0.717, 1.165) is 0 Å². The molecule has 0 radical (unpaired) electrons. The highest BCUT2D eigenvalue weighted by molar-refractivity contribution is 6.74. The van der Waals surface area contributed by atoms with Gasteiger partial charge in [-0.05, 0) is 50.6 Å². The smallest absolute Gasteiger partial charge is 0.192 e. The Morgan fingerprint density at radius 3 is 2.48 bits per heavy atom. The molecule has 0 spiro atoms. The molecule has 1 heterocycles. The van der Waals surface area contributed by atoms with Crippen LogP contribution in [0, 0.1) is 0 Å². The number of carbonyl (C=O) groups excluding carboxylic acids is 1. The fraction of sp³-hybridized carbons (Fsp3) is 0.812. The first-order valence-electron chi connectivity index (χ1n) is 7.57. The third-order valence-electron chi connectivity index (χ3n) is 4.63. The van der Waals surface area contributed by atoms with Crippen LogP contribution in [0.15, 0.2) is 11.6 Å². The summed E-state index contributed by atoms with van der Waals surface area (Å²) in [5.41, 5.74) is 0.543. The van der Waals surface area contributed by atoms with Crippen molar-refractivity contribution in [3.05, 3.63) is 11.6 Å². The molecular formula is C16H30O4Si. The van der Waals surface area contributed by atoms with E-state index < -0.39 is 20.2 Å². The molecule has 5 heteroatoms. The number of hydrogen-bond acceptors (Lipinski definition) is 4. The van der Waals surface area contributed by atoms with Gasteiger partial charge in [0.1, 0.15) is 6.10 Å². The summed E-state index contributed by atoms with van der Waals surface area (Å²) >= 11 is 0. The van der Waals surface area contributed by atoms with Gasteiger partial charge in [-0.15, -0.1) is 0 Å². The van der Waals surface area contributed by atoms with E-state index in [-0.39, 0.29) is 16.9 Å². The van der Waals surface area contributed by atoms with Crippen molar-refractivity contribution in [3.8, 4) is 0 Å². The van der Waals surface area contributed by atoms with E-state index in [0.29, 0.717) is 12.0 Å². The molecule has 0 bridgehead atoms. The second kappa shape index (κ2) is 5.95. The van der Waals surface area contributed by atoms with Crippen molar-refractivity contribution in [2.24, 2.45) is 0 Å². The lowest BCUT2D eigenvalue weighted by atomic mass is 9.98. The Balaban J connectivity index is 2.72. The molecule has 0 fully saturated rings. The van der Waals surface area contributed by atoms with Crippen LogP contribution in [0.4, 0.5) is 0 Å². The van der Waals surface area contributed by atoms with Crippen molar-refractivity contribution in [3.63, 3.8) is 0 Å². The maximum Gasteiger partial charge on any atom is 0.192 e. The summed E-state index contributed by atoms with van der Waals surface area (Å²) < 4.78 is 11.8. The van der Waals surface area contributed by atoms with Gasteiger partial charge < -0.3 is 14.3 Å². The van der Waals surface area contributed by atoms with Crippen LogP contribution in [-0.2, 0) is 14.0 Å². The van der Waals surface area contributed by atoms with Crippen molar-refractivity contribution in [2.75, 3.05) is 0 Å². The Morgan fingerprint density at radius 1 is 1.48 bits per heavy atom. The number of aliphatic hydroxyl groups is 1. The Hall–Kier alpha value is -0.493. The van der Waals surface area contributed by atoms with E-state index in [1.165, 1.54) is 6.08 Å². The van der Waals surface area contributed by atoms with Crippen LogP contribution in [0.5, 0.6) is 0 Å². The van der Waals surface area contributed by atoms with E-state index in [4.69, 9.17) is 9.16 Å². The summed E-state index contributed by atoms with van der Waals surface area (Å²) in [4.78, 5) is 12.0. The maximum atomic E-state index is 12.0. The molecule has 1 rings (SSSR count). The highest BCUT2D eigenvalue weighted by Crippen LogP contribution is 2.38. The van der Waals surface area contributed by atoms with Crippen LogP contribution < -0.4 is 0 Å². The van der Waals surface area contributed by atoms with Crippen LogP contribution in [0.2, 0.25) is 18.1 Å².